The van der Waals surface area contributed by atoms with Gasteiger partial charge in [-0.05, 0) is 12.8 Å². The van der Waals surface area contributed by atoms with E-state index in [-0.39, 0.29) is 29.8 Å². The van der Waals surface area contributed by atoms with Crippen molar-refractivity contribution in [2.75, 3.05) is 19.6 Å². The highest BCUT2D eigenvalue weighted by atomic mass is 16.6. The summed E-state index contributed by atoms with van der Waals surface area (Å²) in [7, 11) is 0. The van der Waals surface area contributed by atoms with Crippen LogP contribution in [-0.4, -0.2) is 46.3 Å². The summed E-state index contributed by atoms with van der Waals surface area (Å²) < 4.78 is 0. The molecule has 0 saturated carbocycles. The summed E-state index contributed by atoms with van der Waals surface area (Å²) in [5.41, 5.74) is 5.99. The standard InChI is InChI=1S/C11H16N4O3/c12-8-1-3-14(4-2-8)7-11(16)10-5-9(6-13-10)15(17)18/h5-6,8,13H,1-4,7,12H2. The number of H-pyrrole nitrogens is 1. The lowest BCUT2D eigenvalue weighted by Crippen LogP contribution is -2.41. The number of ketones is 1. The minimum absolute atomic E-state index is 0.0842. The Morgan fingerprint density at radius 3 is 2.78 bits per heavy atom. The summed E-state index contributed by atoms with van der Waals surface area (Å²) in [6.45, 7) is 1.88. The summed E-state index contributed by atoms with van der Waals surface area (Å²) in [5.74, 6) is -0.126. The van der Waals surface area contributed by atoms with Crippen LogP contribution in [0.15, 0.2) is 12.3 Å². The zero-order chi connectivity index (χ0) is 13.1. The molecule has 0 radical (unpaired) electrons. The third-order valence-electron chi connectivity index (χ3n) is 3.18. The number of piperidine rings is 1. The first kappa shape index (κ1) is 12.7. The first-order chi connectivity index (χ1) is 8.56. The molecule has 0 aliphatic carbocycles. The molecule has 18 heavy (non-hydrogen) atoms. The second kappa shape index (κ2) is 5.28. The number of nitrogens with one attached hydrogen (secondary N) is 1. The third kappa shape index (κ3) is 2.93. The molecule has 0 amide bonds. The van der Waals surface area contributed by atoms with Gasteiger partial charge in [0.1, 0.15) is 0 Å². The maximum atomic E-state index is 11.9. The van der Waals surface area contributed by atoms with Crippen LogP contribution in [0.4, 0.5) is 5.69 Å². The Morgan fingerprint density at radius 1 is 1.56 bits per heavy atom. The number of hydrogen-bond donors (Lipinski definition) is 2. The van der Waals surface area contributed by atoms with Crippen LogP contribution in [0.1, 0.15) is 23.3 Å². The number of carbonyl (C=O) groups is 1. The number of likely N-dealkylation sites (tertiary alicyclic amines) is 1. The van der Waals surface area contributed by atoms with Gasteiger partial charge in [0.15, 0.2) is 5.78 Å². The number of aromatic nitrogens is 1. The number of aromatic amines is 1. The topological polar surface area (TPSA) is 105 Å². The summed E-state index contributed by atoms with van der Waals surface area (Å²) >= 11 is 0. The van der Waals surface area contributed by atoms with Crippen LogP contribution in [-0.2, 0) is 0 Å². The monoisotopic (exact) mass is 252 g/mol. The van der Waals surface area contributed by atoms with Crippen molar-refractivity contribution in [1.29, 1.82) is 0 Å². The molecule has 1 aliphatic heterocycles. The van der Waals surface area contributed by atoms with Gasteiger partial charge in [0, 0.05) is 25.2 Å². The van der Waals surface area contributed by atoms with Gasteiger partial charge >= 0.3 is 0 Å². The molecule has 0 bridgehead atoms. The van der Waals surface area contributed by atoms with Gasteiger partial charge in [-0.2, -0.15) is 0 Å². The second-order valence-electron chi connectivity index (χ2n) is 4.57. The molecule has 1 aliphatic rings. The molecule has 2 rings (SSSR count). The van der Waals surface area contributed by atoms with Gasteiger partial charge in [-0.25, -0.2) is 0 Å². The Hall–Kier alpha value is -1.73. The molecule has 1 aromatic rings. The van der Waals surface area contributed by atoms with E-state index in [2.05, 4.69) is 4.98 Å². The van der Waals surface area contributed by atoms with Crippen LogP contribution in [0.5, 0.6) is 0 Å². The highest BCUT2D eigenvalue weighted by Crippen LogP contribution is 2.14. The zero-order valence-corrected chi connectivity index (χ0v) is 9.96. The fourth-order valence-corrected chi connectivity index (χ4v) is 2.05. The summed E-state index contributed by atoms with van der Waals surface area (Å²) in [4.78, 5) is 26.6. The lowest BCUT2D eigenvalue weighted by atomic mass is 10.1. The molecular weight excluding hydrogens is 236 g/mol. The largest absolute Gasteiger partial charge is 0.353 e. The molecule has 98 valence electrons. The van der Waals surface area contributed by atoms with Crippen LogP contribution in [0.25, 0.3) is 0 Å². The number of Topliss-reactive ketones (excluding diaryl/α,β-unsaturated/α-hetero) is 1. The highest BCUT2D eigenvalue weighted by Gasteiger charge is 2.20. The maximum Gasteiger partial charge on any atom is 0.287 e. The highest BCUT2D eigenvalue weighted by molar-refractivity contribution is 5.96. The molecule has 7 heteroatoms. The predicted molar refractivity (Wildman–Crippen MR) is 65.4 cm³/mol. The number of hydrogen-bond acceptors (Lipinski definition) is 5. The van der Waals surface area contributed by atoms with E-state index in [1.807, 2.05) is 4.90 Å². The Kier molecular flexibility index (Phi) is 3.73. The number of carbonyl (C=O) groups excluding carboxylic acids is 1. The van der Waals surface area contributed by atoms with Crippen molar-refractivity contribution >= 4 is 11.5 Å². The van der Waals surface area contributed by atoms with E-state index in [0.717, 1.165) is 25.9 Å². The van der Waals surface area contributed by atoms with Crippen molar-refractivity contribution in [3.05, 3.63) is 28.1 Å². The van der Waals surface area contributed by atoms with E-state index in [1.165, 1.54) is 12.3 Å². The van der Waals surface area contributed by atoms with Gasteiger partial charge in [-0.15, -0.1) is 0 Å². The van der Waals surface area contributed by atoms with Gasteiger partial charge in [0.2, 0.25) is 0 Å². The van der Waals surface area contributed by atoms with Gasteiger partial charge in [0.25, 0.3) is 5.69 Å². The smallest absolute Gasteiger partial charge is 0.287 e. The van der Waals surface area contributed by atoms with E-state index in [0.29, 0.717) is 0 Å². The summed E-state index contributed by atoms with van der Waals surface area (Å²) in [6.07, 6.45) is 3.01. The summed E-state index contributed by atoms with van der Waals surface area (Å²) in [6, 6.07) is 1.50. The molecule has 0 spiro atoms. The molecule has 1 fully saturated rings. The molecule has 0 aromatic carbocycles. The number of nitrogens with two attached hydrogens (primary N) is 1. The van der Waals surface area contributed by atoms with Crippen molar-refractivity contribution in [2.24, 2.45) is 5.73 Å². The average molecular weight is 252 g/mol. The quantitative estimate of drug-likeness (QED) is 0.462. The van der Waals surface area contributed by atoms with Gasteiger partial charge in [-0.1, -0.05) is 0 Å². The number of rotatable bonds is 4. The lowest BCUT2D eigenvalue weighted by molar-refractivity contribution is -0.384. The SMILES string of the molecule is NC1CCN(CC(=O)c2cc([N+](=O)[O-])c[nH]2)CC1. The molecular formula is C11H16N4O3. The fraction of sp³-hybridized carbons (Fsp3) is 0.545. The van der Waals surface area contributed by atoms with Gasteiger partial charge in [0.05, 0.1) is 23.4 Å². The van der Waals surface area contributed by atoms with Gasteiger partial charge in [-0.3, -0.25) is 19.8 Å². The Bertz CT molecular complexity index is 449. The van der Waals surface area contributed by atoms with Crippen LogP contribution in [0, 0.1) is 10.1 Å². The second-order valence-corrected chi connectivity index (χ2v) is 4.57. The summed E-state index contributed by atoms with van der Waals surface area (Å²) in [5, 5.41) is 10.5. The maximum absolute atomic E-state index is 11.9. The van der Waals surface area contributed by atoms with Crippen LogP contribution in [0.2, 0.25) is 0 Å². The molecule has 0 atom stereocenters. The first-order valence-corrected chi connectivity index (χ1v) is 5.90. The van der Waals surface area contributed by atoms with E-state index in [4.69, 9.17) is 5.73 Å². The molecule has 7 nitrogen and oxygen atoms in total. The van der Waals surface area contributed by atoms with Crippen molar-refractivity contribution in [3.8, 4) is 0 Å². The van der Waals surface area contributed by atoms with Crippen molar-refractivity contribution < 1.29 is 9.72 Å². The Morgan fingerprint density at radius 2 is 2.22 bits per heavy atom. The fourth-order valence-electron chi connectivity index (χ4n) is 2.05. The van der Waals surface area contributed by atoms with Crippen LogP contribution >= 0.6 is 0 Å². The van der Waals surface area contributed by atoms with Crippen LogP contribution in [0.3, 0.4) is 0 Å². The van der Waals surface area contributed by atoms with Gasteiger partial charge < -0.3 is 10.7 Å². The normalized spacial score (nSPS) is 17.8. The number of nitrogens with zero attached hydrogens (tertiary/aromatic N) is 2. The molecule has 3 N–H and O–H groups in total. The Balaban J connectivity index is 1.93. The first-order valence-electron chi connectivity index (χ1n) is 5.90. The van der Waals surface area contributed by atoms with Crippen LogP contribution < -0.4 is 5.73 Å². The Labute approximate surface area is 104 Å². The third-order valence-corrected chi connectivity index (χ3v) is 3.18. The average Bonchev–Trinajstić information content (AvgIpc) is 2.81. The molecule has 2 heterocycles. The van der Waals surface area contributed by atoms with Crippen molar-refractivity contribution in [2.45, 2.75) is 18.9 Å². The lowest BCUT2D eigenvalue weighted by Gasteiger charge is -2.29. The van der Waals surface area contributed by atoms with Crippen molar-refractivity contribution in [1.82, 2.24) is 9.88 Å². The van der Waals surface area contributed by atoms with E-state index in [9.17, 15) is 14.9 Å². The minimum atomic E-state index is -0.521. The van der Waals surface area contributed by atoms with E-state index < -0.39 is 4.92 Å². The molecule has 1 aromatic heterocycles. The number of nitro groups is 1. The van der Waals surface area contributed by atoms with E-state index >= 15 is 0 Å². The minimum Gasteiger partial charge on any atom is -0.353 e. The van der Waals surface area contributed by atoms with E-state index in [1.54, 1.807) is 0 Å². The molecule has 1 saturated heterocycles. The molecule has 0 unspecified atom stereocenters. The zero-order valence-electron chi connectivity index (χ0n) is 9.96. The predicted octanol–water partition coefficient (Wildman–Crippen LogP) is 0.529. The van der Waals surface area contributed by atoms with Crippen molar-refractivity contribution in [3.63, 3.8) is 0 Å².